The molecule has 4 aromatic rings. The van der Waals surface area contributed by atoms with E-state index in [1.165, 1.54) is 0 Å². The number of amides is 1. The highest BCUT2D eigenvalue weighted by Crippen LogP contribution is 2.31. The molecule has 0 radical (unpaired) electrons. The maximum atomic E-state index is 12.6. The fourth-order valence-electron chi connectivity index (χ4n) is 4.41. The maximum absolute atomic E-state index is 12.6. The van der Waals surface area contributed by atoms with Crippen molar-refractivity contribution in [3.05, 3.63) is 106 Å². The van der Waals surface area contributed by atoms with Crippen LogP contribution in [0, 0.1) is 0 Å². The van der Waals surface area contributed by atoms with E-state index in [4.69, 9.17) is 4.74 Å². The third kappa shape index (κ3) is 5.58. The van der Waals surface area contributed by atoms with E-state index in [1.807, 2.05) is 54.6 Å². The predicted molar refractivity (Wildman–Crippen MR) is 135 cm³/mol. The topological polar surface area (TPSA) is 87.3 Å². The average Bonchev–Trinajstić information content (AvgIpc) is 3.07. The van der Waals surface area contributed by atoms with Gasteiger partial charge in [0.2, 0.25) is 5.91 Å². The van der Waals surface area contributed by atoms with Crippen molar-refractivity contribution in [1.82, 2.24) is 20.2 Å². The third-order valence-electron chi connectivity index (χ3n) is 6.23. The molecule has 0 aliphatic carbocycles. The summed E-state index contributed by atoms with van der Waals surface area (Å²) in [6, 6.07) is 25.5. The summed E-state index contributed by atoms with van der Waals surface area (Å²) in [6.07, 6.45) is 0.747. The first-order valence-electron chi connectivity index (χ1n) is 11.9. The molecule has 0 saturated heterocycles. The lowest BCUT2D eigenvalue weighted by molar-refractivity contribution is -0.121. The van der Waals surface area contributed by atoms with Crippen LogP contribution in [0.3, 0.4) is 0 Å². The lowest BCUT2D eigenvalue weighted by atomic mass is 10.1. The van der Waals surface area contributed by atoms with Crippen molar-refractivity contribution in [3.63, 3.8) is 0 Å². The number of nitrogens with zero attached hydrogens (tertiary/aromatic N) is 2. The van der Waals surface area contributed by atoms with E-state index in [-0.39, 0.29) is 17.6 Å². The first kappa shape index (κ1) is 22.8. The summed E-state index contributed by atoms with van der Waals surface area (Å²) in [5.41, 5.74) is 2.75. The number of hydrogen-bond acceptors (Lipinski definition) is 5. The number of nitrogens with one attached hydrogen (secondary N) is 2. The highest BCUT2D eigenvalue weighted by molar-refractivity contribution is 5.77. The van der Waals surface area contributed by atoms with Crippen LogP contribution in [0.1, 0.15) is 29.5 Å². The zero-order chi connectivity index (χ0) is 24.0. The molecule has 0 saturated carbocycles. The van der Waals surface area contributed by atoms with Gasteiger partial charge < -0.3 is 15.0 Å². The molecule has 0 spiro atoms. The van der Waals surface area contributed by atoms with Crippen molar-refractivity contribution in [3.8, 4) is 5.75 Å². The molecule has 1 aliphatic heterocycles. The number of aromatic nitrogens is 2. The number of ether oxygens (including phenoxy) is 1. The molecule has 0 fully saturated rings. The quantitative estimate of drug-likeness (QED) is 0.433. The smallest absolute Gasteiger partial charge is 0.258 e. The molecule has 178 valence electrons. The number of fused-ring (bicyclic) bond motifs is 2. The minimum Gasteiger partial charge on any atom is -0.484 e. The van der Waals surface area contributed by atoms with Gasteiger partial charge in [-0.1, -0.05) is 60.7 Å². The number of hydrogen-bond donors (Lipinski definition) is 2. The third-order valence-corrected chi connectivity index (χ3v) is 6.23. The summed E-state index contributed by atoms with van der Waals surface area (Å²) in [4.78, 5) is 34.4. The van der Waals surface area contributed by atoms with Gasteiger partial charge in [0.1, 0.15) is 17.7 Å². The molecule has 7 nitrogen and oxygen atoms in total. The number of para-hydroxylation sites is 2. The van der Waals surface area contributed by atoms with Gasteiger partial charge in [-0.2, -0.15) is 0 Å². The van der Waals surface area contributed by atoms with Gasteiger partial charge in [-0.25, -0.2) is 4.98 Å². The van der Waals surface area contributed by atoms with Crippen LogP contribution in [0.2, 0.25) is 0 Å². The van der Waals surface area contributed by atoms with Crippen molar-refractivity contribution >= 4 is 16.8 Å². The standard InChI is InChI=1S/C28H28N4O3/c33-27(29-16-14-26-30-23-12-6-5-11-22(23)28(34)31-26)15-17-32-18-21-10-4-7-13-24(21)35-25(19-32)20-8-2-1-3-9-20/h1-13,25H,14-19H2,(H,29,33)(H,30,31,34). The number of carbonyl (C=O) groups is 1. The number of carbonyl (C=O) groups excluding carboxylic acids is 1. The van der Waals surface area contributed by atoms with Crippen molar-refractivity contribution in [2.24, 2.45) is 0 Å². The fraction of sp³-hybridized carbons (Fsp3) is 0.250. The summed E-state index contributed by atoms with van der Waals surface area (Å²) >= 11 is 0. The summed E-state index contributed by atoms with van der Waals surface area (Å²) < 4.78 is 6.36. The van der Waals surface area contributed by atoms with Crippen LogP contribution in [-0.4, -0.2) is 40.4 Å². The van der Waals surface area contributed by atoms with Crippen LogP contribution in [0.5, 0.6) is 5.75 Å². The van der Waals surface area contributed by atoms with E-state index in [2.05, 4.69) is 38.4 Å². The minimum absolute atomic E-state index is 0.0251. The Kier molecular flexibility index (Phi) is 6.86. The van der Waals surface area contributed by atoms with E-state index in [9.17, 15) is 9.59 Å². The van der Waals surface area contributed by atoms with Gasteiger partial charge in [-0.05, 0) is 23.8 Å². The number of rotatable bonds is 7. The summed E-state index contributed by atoms with van der Waals surface area (Å²) in [7, 11) is 0. The van der Waals surface area contributed by atoms with Crippen molar-refractivity contribution < 1.29 is 9.53 Å². The molecule has 1 unspecified atom stereocenters. The number of benzene rings is 3. The van der Waals surface area contributed by atoms with Crippen molar-refractivity contribution in [1.29, 1.82) is 0 Å². The highest BCUT2D eigenvalue weighted by Gasteiger charge is 2.24. The summed E-state index contributed by atoms with van der Waals surface area (Å²) in [6.45, 7) is 2.47. The molecule has 7 heteroatoms. The van der Waals surface area contributed by atoms with Crippen LogP contribution < -0.4 is 15.6 Å². The Morgan fingerprint density at radius 3 is 2.69 bits per heavy atom. The van der Waals surface area contributed by atoms with Crippen LogP contribution in [0.15, 0.2) is 83.7 Å². The molecule has 1 atom stereocenters. The molecule has 1 aliphatic rings. The average molecular weight is 469 g/mol. The lowest BCUT2D eigenvalue weighted by Gasteiger charge is -2.24. The van der Waals surface area contributed by atoms with E-state index in [0.717, 1.165) is 23.4 Å². The molecule has 3 aromatic carbocycles. The van der Waals surface area contributed by atoms with E-state index < -0.39 is 0 Å². The largest absolute Gasteiger partial charge is 0.484 e. The SMILES string of the molecule is O=C(CCN1Cc2ccccc2OC(c2ccccc2)C1)NCCc1nc2ccccc2c(=O)[nH]1. The Labute approximate surface area is 203 Å². The van der Waals surface area contributed by atoms with Gasteiger partial charge >= 0.3 is 0 Å². The van der Waals surface area contributed by atoms with Gasteiger partial charge in [-0.15, -0.1) is 0 Å². The fourth-order valence-corrected chi connectivity index (χ4v) is 4.41. The first-order valence-corrected chi connectivity index (χ1v) is 11.9. The van der Waals surface area contributed by atoms with Gasteiger partial charge in [0.05, 0.1) is 10.9 Å². The normalized spacial score (nSPS) is 15.7. The molecular weight excluding hydrogens is 440 g/mol. The van der Waals surface area contributed by atoms with E-state index >= 15 is 0 Å². The Balaban J connectivity index is 1.18. The van der Waals surface area contributed by atoms with Gasteiger partial charge in [0.15, 0.2) is 0 Å². The Morgan fingerprint density at radius 1 is 1.03 bits per heavy atom. The van der Waals surface area contributed by atoms with Gasteiger partial charge in [0.25, 0.3) is 5.56 Å². The van der Waals surface area contributed by atoms with Crippen LogP contribution in [0.4, 0.5) is 0 Å². The maximum Gasteiger partial charge on any atom is 0.258 e. The first-order chi connectivity index (χ1) is 17.2. The van der Waals surface area contributed by atoms with Crippen LogP contribution in [0.25, 0.3) is 10.9 Å². The molecule has 5 rings (SSSR count). The Morgan fingerprint density at radius 2 is 1.80 bits per heavy atom. The monoisotopic (exact) mass is 468 g/mol. The van der Waals surface area contributed by atoms with Crippen LogP contribution >= 0.6 is 0 Å². The molecule has 1 amide bonds. The van der Waals surface area contributed by atoms with Crippen LogP contribution in [-0.2, 0) is 17.8 Å². The molecule has 2 heterocycles. The number of H-pyrrole nitrogens is 1. The molecule has 0 bridgehead atoms. The van der Waals surface area contributed by atoms with Gasteiger partial charge in [0, 0.05) is 44.6 Å². The zero-order valence-corrected chi connectivity index (χ0v) is 19.4. The number of aromatic amines is 1. The van der Waals surface area contributed by atoms with Crippen molar-refractivity contribution in [2.45, 2.75) is 25.5 Å². The highest BCUT2D eigenvalue weighted by atomic mass is 16.5. The van der Waals surface area contributed by atoms with E-state index in [0.29, 0.717) is 49.2 Å². The summed E-state index contributed by atoms with van der Waals surface area (Å²) in [5.74, 6) is 1.44. The molecule has 2 N–H and O–H groups in total. The minimum atomic E-state index is -0.159. The zero-order valence-electron chi connectivity index (χ0n) is 19.4. The Bertz CT molecular complexity index is 1370. The second-order valence-electron chi connectivity index (χ2n) is 8.74. The predicted octanol–water partition coefficient (Wildman–Crippen LogP) is 3.61. The second-order valence-corrected chi connectivity index (χ2v) is 8.74. The molecule has 1 aromatic heterocycles. The summed E-state index contributed by atoms with van der Waals surface area (Å²) in [5, 5.41) is 3.52. The van der Waals surface area contributed by atoms with Crippen molar-refractivity contribution in [2.75, 3.05) is 19.6 Å². The Hall–Kier alpha value is -3.97. The van der Waals surface area contributed by atoms with Gasteiger partial charge in [-0.3, -0.25) is 14.5 Å². The van der Waals surface area contributed by atoms with E-state index in [1.54, 1.807) is 6.07 Å². The lowest BCUT2D eigenvalue weighted by Crippen LogP contribution is -2.34. The molecule has 35 heavy (non-hydrogen) atoms. The molecular formula is C28H28N4O3. The second kappa shape index (κ2) is 10.5.